The smallest absolute Gasteiger partial charge is 0.379 e. The number of esters is 1. The Balaban J connectivity index is 2.09. The molecule has 1 aromatic heterocycles. The molecule has 1 aromatic carbocycles. The van der Waals surface area contributed by atoms with E-state index in [4.69, 9.17) is 25.5 Å². The minimum Gasteiger partial charge on any atom is -0.452 e. The van der Waals surface area contributed by atoms with Crippen molar-refractivity contribution >= 4 is 17.6 Å². The van der Waals surface area contributed by atoms with Crippen LogP contribution in [-0.2, 0) is 11.3 Å². The van der Waals surface area contributed by atoms with Gasteiger partial charge in [-0.2, -0.15) is 0 Å². The van der Waals surface area contributed by atoms with Crippen LogP contribution in [0.2, 0.25) is 5.02 Å². The Morgan fingerprint density at radius 3 is 2.79 bits per heavy atom. The van der Waals surface area contributed by atoms with E-state index in [1.807, 2.05) is 6.92 Å². The molecule has 0 aliphatic heterocycles. The first kappa shape index (κ1) is 13.6. The number of methoxy groups -OCH3 is 1. The molecule has 19 heavy (non-hydrogen) atoms. The van der Waals surface area contributed by atoms with Crippen molar-refractivity contribution in [2.75, 3.05) is 7.11 Å². The fraction of sp³-hybridized carbons (Fsp3) is 0.214. The van der Waals surface area contributed by atoms with Crippen LogP contribution in [0.3, 0.4) is 0 Å². The van der Waals surface area contributed by atoms with Crippen molar-refractivity contribution in [1.82, 2.24) is 0 Å². The van der Waals surface area contributed by atoms with E-state index in [9.17, 15) is 4.79 Å². The molecule has 5 heteroatoms. The summed E-state index contributed by atoms with van der Waals surface area (Å²) in [5.74, 6) is 0.585. The first-order chi connectivity index (χ1) is 9.10. The van der Waals surface area contributed by atoms with Gasteiger partial charge in [-0.05, 0) is 42.8 Å². The number of benzene rings is 1. The number of rotatable bonds is 4. The van der Waals surface area contributed by atoms with Crippen LogP contribution in [0.4, 0.5) is 0 Å². The van der Waals surface area contributed by atoms with Gasteiger partial charge in [0.05, 0.1) is 0 Å². The lowest BCUT2D eigenvalue weighted by atomic mass is 10.2. The number of hydrogen-bond acceptors (Lipinski definition) is 4. The Kier molecular flexibility index (Phi) is 4.24. The maximum atomic E-state index is 11.8. The van der Waals surface area contributed by atoms with Crippen LogP contribution in [0.5, 0.6) is 5.75 Å². The summed E-state index contributed by atoms with van der Waals surface area (Å²) < 4.78 is 15.4. The predicted molar refractivity (Wildman–Crippen MR) is 70.6 cm³/mol. The zero-order valence-electron chi connectivity index (χ0n) is 10.6. The van der Waals surface area contributed by atoms with E-state index >= 15 is 0 Å². The Morgan fingerprint density at radius 2 is 2.11 bits per heavy atom. The molecular formula is C14H13ClO4. The number of hydrogen-bond donors (Lipinski definition) is 0. The first-order valence-electron chi connectivity index (χ1n) is 5.66. The molecule has 0 fully saturated rings. The predicted octanol–water partition coefficient (Wildman–Crippen LogP) is 3.61. The Hall–Kier alpha value is -1.78. The standard InChI is InChI=1S/C14H13ClO4/c1-9-7-10(3-5-12(9)15)19-14(16)13-6-4-11(18-13)8-17-2/h3-7H,8H2,1-2H3. The van der Waals surface area contributed by atoms with Crippen molar-refractivity contribution in [3.05, 3.63) is 52.4 Å². The highest BCUT2D eigenvalue weighted by Gasteiger charge is 2.14. The van der Waals surface area contributed by atoms with Gasteiger partial charge in [0, 0.05) is 12.1 Å². The quantitative estimate of drug-likeness (QED) is 0.634. The van der Waals surface area contributed by atoms with E-state index in [0.29, 0.717) is 23.1 Å². The van der Waals surface area contributed by atoms with E-state index < -0.39 is 5.97 Å². The van der Waals surface area contributed by atoms with E-state index in [2.05, 4.69) is 0 Å². The zero-order chi connectivity index (χ0) is 13.8. The van der Waals surface area contributed by atoms with Crippen LogP contribution < -0.4 is 4.74 Å². The molecule has 0 aliphatic carbocycles. The molecule has 0 amide bonds. The van der Waals surface area contributed by atoms with Gasteiger partial charge in [0.1, 0.15) is 18.1 Å². The molecule has 0 unspecified atom stereocenters. The van der Waals surface area contributed by atoms with Crippen molar-refractivity contribution in [2.24, 2.45) is 0 Å². The highest BCUT2D eigenvalue weighted by molar-refractivity contribution is 6.31. The molecule has 0 N–H and O–H groups in total. The largest absolute Gasteiger partial charge is 0.452 e. The van der Waals surface area contributed by atoms with E-state index in [1.165, 1.54) is 0 Å². The van der Waals surface area contributed by atoms with Gasteiger partial charge in [-0.3, -0.25) is 0 Å². The van der Waals surface area contributed by atoms with Gasteiger partial charge in [0.15, 0.2) is 0 Å². The average molecular weight is 281 g/mol. The van der Waals surface area contributed by atoms with E-state index in [1.54, 1.807) is 37.4 Å². The Bertz CT molecular complexity index is 589. The molecule has 0 aliphatic rings. The molecule has 0 saturated heterocycles. The summed E-state index contributed by atoms with van der Waals surface area (Å²) in [6.07, 6.45) is 0. The maximum absolute atomic E-state index is 11.8. The lowest BCUT2D eigenvalue weighted by Crippen LogP contribution is -2.07. The van der Waals surface area contributed by atoms with Gasteiger partial charge in [-0.15, -0.1) is 0 Å². The van der Waals surface area contributed by atoms with E-state index in [-0.39, 0.29) is 5.76 Å². The normalized spacial score (nSPS) is 10.5. The van der Waals surface area contributed by atoms with Crippen LogP contribution >= 0.6 is 11.6 Å². The van der Waals surface area contributed by atoms with Gasteiger partial charge in [0.25, 0.3) is 0 Å². The summed E-state index contributed by atoms with van der Waals surface area (Å²) in [6.45, 7) is 2.15. The molecule has 4 nitrogen and oxygen atoms in total. The summed E-state index contributed by atoms with van der Waals surface area (Å²) in [7, 11) is 1.55. The maximum Gasteiger partial charge on any atom is 0.379 e. The van der Waals surface area contributed by atoms with Gasteiger partial charge >= 0.3 is 5.97 Å². The monoisotopic (exact) mass is 280 g/mol. The number of halogens is 1. The number of carbonyl (C=O) groups is 1. The highest BCUT2D eigenvalue weighted by Crippen LogP contribution is 2.22. The van der Waals surface area contributed by atoms with Crippen LogP contribution in [0.1, 0.15) is 21.9 Å². The number of carbonyl (C=O) groups excluding carboxylic acids is 1. The summed E-state index contributed by atoms with van der Waals surface area (Å²) in [6, 6.07) is 8.23. The van der Waals surface area contributed by atoms with E-state index in [0.717, 1.165) is 5.56 Å². The zero-order valence-corrected chi connectivity index (χ0v) is 11.4. The molecule has 1 heterocycles. The lowest BCUT2D eigenvalue weighted by molar-refractivity contribution is 0.0693. The molecule has 2 aromatic rings. The molecule has 2 rings (SSSR count). The molecule has 0 bridgehead atoms. The van der Waals surface area contributed by atoms with Crippen molar-refractivity contribution < 1.29 is 18.7 Å². The van der Waals surface area contributed by atoms with Crippen molar-refractivity contribution in [2.45, 2.75) is 13.5 Å². The van der Waals surface area contributed by atoms with Gasteiger partial charge in [-0.1, -0.05) is 11.6 Å². The first-order valence-corrected chi connectivity index (χ1v) is 6.04. The molecular weight excluding hydrogens is 268 g/mol. The summed E-state index contributed by atoms with van der Waals surface area (Å²) >= 11 is 5.90. The third-order valence-electron chi connectivity index (χ3n) is 2.49. The third-order valence-corrected chi connectivity index (χ3v) is 2.91. The van der Waals surface area contributed by atoms with Crippen molar-refractivity contribution in [3.63, 3.8) is 0 Å². The second-order valence-corrected chi connectivity index (χ2v) is 4.41. The highest BCUT2D eigenvalue weighted by atomic mass is 35.5. The lowest BCUT2D eigenvalue weighted by Gasteiger charge is -2.04. The molecule has 100 valence electrons. The minimum atomic E-state index is -0.552. The Labute approximate surface area is 115 Å². The minimum absolute atomic E-state index is 0.139. The van der Waals surface area contributed by atoms with Crippen LogP contribution in [0.25, 0.3) is 0 Å². The van der Waals surface area contributed by atoms with Gasteiger partial charge in [0.2, 0.25) is 5.76 Å². The average Bonchev–Trinajstić information content (AvgIpc) is 2.83. The number of aryl methyl sites for hydroxylation is 1. The molecule has 0 radical (unpaired) electrons. The van der Waals surface area contributed by atoms with Gasteiger partial charge in [-0.25, -0.2) is 4.79 Å². The van der Waals surface area contributed by atoms with Crippen LogP contribution in [0, 0.1) is 6.92 Å². The number of ether oxygens (including phenoxy) is 2. The van der Waals surface area contributed by atoms with Crippen LogP contribution in [-0.4, -0.2) is 13.1 Å². The summed E-state index contributed by atoms with van der Waals surface area (Å²) in [5, 5.41) is 0.625. The Morgan fingerprint density at radius 1 is 1.32 bits per heavy atom. The second kappa shape index (κ2) is 5.91. The molecule has 0 saturated carbocycles. The summed E-state index contributed by atoms with van der Waals surface area (Å²) in [5.41, 5.74) is 0.839. The second-order valence-electron chi connectivity index (χ2n) is 4.00. The molecule has 0 atom stereocenters. The third kappa shape index (κ3) is 3.36. The molecule has 0 spiro atoms. The SMILES string of the molecule is COCc1ccc(C(=O)Oc2ccc(Cl)c(C)c2)o1. The van der Waals surface area contributed by atoms with Crippen molar-refractivity contribution in [1.29, 1.82) is 0 Å². The van der Waals surface area contributed by atoms with Crippen LogP contribution in [0.15, 0.2) is 34.7 Å². The number of furan rings is 1. The topological polar surface area (TPSA) is 48.7 Å². The summed E-state index contributed by atoms with van der Waals surface area (Å²) in [4.78, 5) is 11.8. The fourth-order valence-corrected chi connectivity index (χ4v) is 1.66. The fourth-order valence-electron chi connectivity index (χ4n) is 1.55. The van der Waals surface area contributed by atoms with Gasteiger partial charge < -0.3 is 13.9 Å². The van der Waals surface area contributed by atoms with Crippen molar-refractivity contribution in [3.8, 4) is 5.75 Å².